The number of furan rings is 1. The molecular formula is C18H15FN2O5S. The van der Waals surface area contributed by atoms with Crippen LogP contribution >= 0.6 is 0 Å². The Bertz CT molecular complexity index is 1070. The fraction of sp³-hybridized carbons (Fsp3) is 0.111. The van der Waals surface area contributed by atoms with E-state index in [4.69, 9.17) is 4.42 Å². The van der Waals surface area contributed by atoms with Crippen molar-refractivity contribution in [3.05, 3.63) is 88.5 Å². The Morgan fingerprint density at radius 1 is 1.15 bits per heavy atom. The van der Waals surface area contributed by atoms with Crippen molar-refractivity contribution in [2.45, 2.75) is 10.1 Å². The number of carbonyl (C=O) groups is 1. The van der Waals surface area contributed by atoms with Crippen molar-refractivity contribution in [3.63, 3.8) is 0 Å². The normalized spacial score (nSPS) is 12.5. The van der Waals surface area contributed by atoms with E-state index in [1.807, 2.05) is 0 Å². The van der Waals surface area contributed by atoms with Crippen LogP contribution in [0.3, 0.4) is 0 Å². The first-order chi connectivity index (χ1) is 12.9. The zero-order valence-electron chi connectivity index (χ0n) is 13.9. The van der Waals surface area contributed by atoms with Crippen LogP contribution in [-0.2, 0) is 9.84 Å². The van der Waals surface area contributed by atoms with E-state index in [0.29, 0.717) is 0 Å². The summed E-state index contributed by atoms with van der Waals surface area (Å²) in [6.07, 6.45) is 2.56. The fourth-order valence-corrected chi connectivity index (χ4v) is 4.05. The van der Waals surface area contributed by atoms with Gasteiger partial charge in [-0.25, -0.2) is 12.8 Å². The van der Waals surface area contributed by atoms with Gasteiger partial charge in [0.25, 0.3) is 5.91 Å². The summed E-state index contributed by atoms with van der Waals surface area (Å²) >= 11 is 0. The Hall–Kier alpha value is -3.20. The summed E-state index contributed by atoms with van der Waals surface area (Å²) in [5.41, 5.74) is -0.189. The van der Waals surface area contributed by atoms with E-state index < -0.39 is 26.8 Å². The van der Waals surface area contributed by atoms with Gasteiger partial charge in [0.15, 0.2) is 9.84 Å². The molecule has 9 heteroatoms. The molecule has 1 amide bonds. The van der Waals surface area contributed by atoms with Crippen LogP contribution in [0.1, 0.15) is 21.4 Å². The Balaban J connectivity index is 1.86. The second kappa shape index (κ2) is 7.58. The minimum absolute atomic E-state index is 0.0939. The van der Waals surface area contributed by atoms with Crippen LogP contribution in [0.25, 0.3) is 0 Å². The largest absolute Gasteiger partial charge is 0.468 e. The molecule has 0 spiro atoms. The van der Waals surface area contributed by atoms with Crippen molar-refractivity contribution in [1.29, 1.82) is 0 Å². The summed E-state index contributed by atoms with van der Waals surface area (Å²) in [7, 11) is -3.96. The van der Waals surface area contributed by atoms with Gasteiger partial charge >= 0.3 is 0 Å². The molecule has 140 valence electrons. The third-order valence-corrected chi connectivity index (χ3v) is 5.95. The van der Waals surface area contributed by atoms with Crippen LogP contribution in [0.2, 0.25) is 0 Å². The number of carbonyl (C=O) groups excluding carboxylic acids is 1. The number of aromatic amines is 1. The first-order valence-electron chi connectivity index (χ1n) is 7.88. The van der Waals surface area contributed by atoms with E-state index >= 15 is 0 Å². The van der Waals surface area contributed by atoms with E-state index in [2.05, 4.69) is 10.3 Å². The van der Waals surface area contributed by atoms with Crippen LogP contribution in [0.4, 0.5) is 4.39 Å². The van der Waals surface area contributed by atoms with E-state index in [-0.39, 0.29) is 28.3 Å². The molecule has 0 fully saturated rings. The molecule has 7 nitrogen and oxygen atoms in total. The lowest BCUT2D eigenvalue weighted by Crippen LogP contribution is -2.32. The molecule has 1 unspecified atom stereocenters. The van der Waals surface area contributed by atoms with Gasteiger partial charge in [-0.2, -0.15) is 0 Å². The number of H-pyrrole nitrogens is 1. The monoisotopic (exact) mass is 390 g/mol. The number of nitrogens with one attached hydrogen (secondary N) is 2. The lowest BCUT2D eigenvalue weighted by molar-refractivity contribution is 0.0953. The Kier molecular flexibility index (Phi) is 5.22. The molecule has 0 aliphatic rings. The van der Waals surface area contributed by atoms with Gasteiger partial charge in [-0.15, -0.1) is 0 Å². The van der Waals surface area contributed by atoms with Gasteiger partial charge in [0.2, 0.25) is 5.56 Å². The molecule has 0 saturated carbocycles. The SMILES string of the molecule is O=C(NCC(c1ccco1)S(=O)(=O)c1ccc(F)cc1)c1ccc(=O)[nH]c1. The Morgan fingerprint density at radius 3 is 2.48 bits per heavy atom. The van der Waals surface area contributed by atoms with Gasteiger partial charge in [0.1, 0.15) is 16.8 Å². The highest BCUT2D eigenvalue weighted by Gasteiger charge is 2.32. The molecule has 1 aromatic carbocycles. The molecule has 27 heavy (non-hydrogen) atoms. The van der Waals surface area contributed by atoms with Gasteiger partial charge < -0.3 is 14.7 Å². The van der Waals surface area contributed by atoms with Crippen LogP contribution in [0, 0.1) is 5.82 Å². The third kappa shape index (κ3) is 4.14. The zero-order valence-corrected chi connectivity index (χ0v) is 14.7. The van der Waals surface area contributed by atoms with Gasteiger partial charge in [0.05, 0.1) is 16.7 Å². The van der Waals surface area contributed by atoms with Crippen molar-refractivity contribution in [1.82, 2.24) is 10.3 Å². The first kappa shape index (κ1) is 18.6. The highest BCUT2D eigenvalue weighted by molar-refractivity contribution is 7.91. The van der Waals surface area contributed by atoms with Gasteiger partial charge in [-0.1, -0.05) is 0 Å². The average molecular weight is 390 g/mol. The topological polar surface area (TPSA) is 109 Å². The molecule has 2 aromatic heterocycles. The maximum absolute atomic E-state index is 13.1. The second-order valence-electron chi connectivity index (χ2n) is 5.65. The second-order valence-corrected chi connectivity index (χ2v) is 7.79. The number of sulfone groups is 1. The number of amides is 1. The third-order valence-electron chi connectivity index (χ3n) is 3.87. The highest BCUT2D eigenvalue weighted by atomic mass is 32.2. The molecule has 0 radical (unpaired) electrons. The number of hydrogen-bond acceptors (Lipinski definition) is 5. The first-order valence-corrected chi connectivity index (χ1v) is 9.42. The summed E-state index contributed by atoms with van der Waals surface area (Å²) in [4.78, 5) is 25.6. The molecule has 0 aliphatic carbocycles. The summed E-state index contributed by atoms with van der Waals surface area (Å²) in [6, 6.07) is 9.94. The van der Waals surface area contributed by atoms with Gasteiger partial charge in [-0.3, -0.25) is 9.59 Å². The Labute approximate surface area is 153 Å². The summed E-state index contributed by atoms with van der Waals surface area (Å²) < 4.78 is 44.3. The van der Waals surface area contributed by atoms with E-state index in [1.165, 1.54) is 36.7 Å². The number of aromatic nitrogens is 1. The van der Waals surface area contributed by atoms with Crippen molar-refractivity contribution in [2.75, 3.05) is 6.54 Å². The molecule has 2 N–H and O–H groups in total. The molecule has 2 heterocycles. The van der Waals surface area contributed by atoms with Crippen LogP contribution in [-0.4, -0.2) is 25.9 Å². The quantitative estimate of drug-likeness (QED) is 0.626. The van der Waals surface area contributed by atoms with Crippen molar-refractivity contribution < 1.29 is 22.0 Å². The molecule has 0 aliphatic heterocycles. The molecule has 0 bridgehead atoms. The minimum atomic E-state index is -3.96. The van der Waals surface area contributed by atoms with Crippen LogP contribution in [0.5, 0.6) is 0 Å². The van der Waals surface area contributed by atoms with E-state index in [9.17, 15) is 22.4 Å². The standard InChI is InChI=1S/C18H15FN2O5S/c19-13-4-6-14(7-5-13)27(24,25)16(15-2-1-9-26-15)11-21-18(23)12-3-8-17(22)20-10-12/h1-10,16H,11H2,(H,20,22)(H,21,23). The molecular weight excluding hydrogens is 375 g/mol. The number of benzene rings is 1. The fourth-order valence-electron chi connectivity index (χ4n) is 2.47. The lowest BCUT2D eigenvalue weighted by atomic mass is 10.2. The molecule has 3 rings (SSSR count). The van der Waals surface area contributed by atoms with Crippen molar-refractivity contribution in [3.8, 4) is 0 Å². The van der Waals surface area contributed by atoms with Gasteiger partial charge in [0, 0.05) is 18.8 Å². The lowest BCUT2D eigenvalue weighted by Gasteiger charge is -2.16. The minimum Gasteiger partial charge on any atom is -0.468 e. The zero-order chi connectivity index (χ0) is 19.4. The maximum atomic E-state index is 13.1. The summed E-state index contributed by atoms with van der Waals surface area (Å²) in [6.45, 7) is -0.273. The van der Waals surface area contributed by atoms with Crippen LogP contribution in [0.15, 0.2) is 75.1 Å². The maximum Gasteiger partial charge on any atom is 0.252 e. The number of pyridine rings is 1. The number of hydrogen-bond donors (Lipinski definition) is 2. The van der Waals surface area contributed by atoms with Crippen LogP contribution < -0.4 is 10.9 Å². The predicted molar refractivity (Wildman–Crippen MR) is 94.4 cm³/mol. The average Bonchev–Trinajstić information content (AvgIpc) is 3.16. The molecule has 0 saturated heterocycles. The highest BCUT2D eigenvalue weighted by Crippen LogP contribution is 2.29. The van der Waals surface area contributed by atoms with E-state index in [1.54, 1.807) is 0 Å². The van der Waals surface area contributed by atoms with Crippen molar-refractivity contribution >= 4 is 15.7 Å². The summed E-state index contributed by atoms with van der Waals surface area (Å²) in [5, 5.41) is 1.32. The van der Waals surface area contributed by atoms with Crippen molar-refractivity contribution in [2.24, 2.45) is 0 Å². The number of rotatable bonds is 6. The molecule has 3 aromatic rings. The summed E-state index contributed by atoms with van der Waals surface area (Å²) in [5.74, 6) is -0.979. The van der Waals surface area contributed by atoms with Gasteiger partial charge in [-0.05, 0) is 42.5 Å². The smallest absolute Gasteiger partial charge is 0.252 e. The number of halogens is 1. The molecule has 1 atom stereocenters. The Morgan fingerprint density at radius 2 is 1.89 bits per heavy atom. The van der Waals surface area contributed by atoms with E-state index in [0.717, 1.165) is 24.3 Å². The predicted octanol–water partition coefficient (Wildman–Crippen LogP) is 2.05.